The Hall–Kier alpha value is -1.36. The summed E-state index contributed by atoms with van der Waals surface area (Å²) < 4.78 is 4.93. The second-order valence-corrected chi connectivity index (χ2v) is 3.61. The second-order valence-electron chi connectivity index (χ2n) is 3.61. The predicted octanol–water partition coefficient (Wildman–Crippen LogP) is 1.17. The van der Waals surface area contributed by atoms with E-state index < -0.39 is 0 Å². The lowest BCUT2D eigenvalue weighted by Crippen LogP contribution is -2.15. The SMILES string of the molecule is CCCc1cc(=O)[nH]c(NCCCOC)n1. The molecule has 0 aliphatic carbocycles. The van der Waals surface area contributed by atoms with Crippen LogP contribution in [0, 0.1) is 0 Å². The number of ether oxygens (including phenoxy) is 1. The molecule has 0 saturated carbocycles. The topological polar surface area (TPSA) is 67.0 Å². The van der Waals surface area contributed by atoms with Crippen LogP contribution in [0.4, 0.5) is 5.95 Å². The van der Waals surface area contributed by atoms with Crippen LogP contribution < -0.4 is 10.9 Å². The Morgan fingerprint density at radius 2 is 2.38 bits per heavy atom. The van der Waals surface area contributed by atoms with Gasteiger partial charge in [0.1, 0.15) is 0 Å². The Kier molecular flexibility index (Phi) is 5.56. The molecule has 0 radical (unpaired) electrons. The van der Waals surface area contributed by atoms with E-state index in [-0.39, 0.29) is 5.56 Å². The van der Waals surface area contributed by atoms with Crippen LogP contribution in [0.5, 0.6) is 0 Å². The van der Waals surface area contributed by atoms with Crippen molar-refractivity contribution in [3.8, 4) is 0 Å². The van der Waals surface area contributed by atoms with E-state index in [0.29, 0.717) is 12.6 Å². The van der Waals surface area contributed by atoms with Gasteiger partial charge in [-0.05, 0) is 12.8 Å². The summed E-state index contributed by atoms with van der Waals surface area (Å²) in [5, 5.41) is 3.07. The molecule has 1 heterocycles. The lowest BCUT2D eigenvalue weighted by Gasteiger charge is -2.06. The van der Waals surface area contributed by atoms with Crippen molar-refractivity contribution in [3.05, 3.63) is 22.1 Å². The molecule has 90 valence electrons. The molecular weight excluding hydrogens is 206 g/mol. The van der Waals surface area contributed by atoms with Gasteiger partial charge in [-0.3, -0.25) is 9.78 Å². The summed E-state index contributed by atoms with van der Waals surface area (Å²) in [7, 11) is 1.67. The fourth-order valence-electron chi connectivity index (χ4n) is 1.40. The van der Waals surface area contributed by atoms with Gasteiger partial charge in [-0.2, -0.15) is 0 Å². The molecular formula is C11H19N3O2. The van der Waals surface area contributed by atoms with Crippen molar-refractivity contribution in [2.75, 3.05) is 25.6 Å². The Balaban J connectivity index is 2.54. The normalized spacial score (nSPS) is 10.4. The molecule has 5 nitrogen and oxygen atoms in total. The van der Waals surface area contributed by atoms with Gasteiger partial charge in [0.2, 0.25) is 5.95 Å². The first-order valence-electron chi connectivity index (χ1n) is 5.59. The van der Waals surface area contributed by atoms with Crippen LogP contribution in [-0.4, -0.2) is 30.2 Å². The van der Waals surface area contributed by atoms with E-state index in [1.54, 1.807) is 13.2 Å². The monoisotopic (exact) mass is 225 g/mol. The average molecular weight is 225 g/mol. The number of nitrogens with one attached hydrogen (secondary N) is 2. The number of hydrogen-bond acceptors (Lipinski definition) is 4. The number of nitrogens with zero attached hydrogens (tertiary/aromatic N) is 1. The molecule has 0 fully saturated rings. The number of rotatable bonds is 7. The Morgan fingerprint density at radius 3 is 3.06 bits per heavy atom. The van der Waals surface area contributed by atoms with Crippen molar-refractivity contribution in [1.82, 2.24) is 9.97 Å². The number of H-pyrrole nitrogens is 1. The van der Waals surface area contributed by atoms with E-state index in [9.17, 15) is 4.79 Å². The highest BCUT2D eigenvalue weighted by molar-refractivity contribution is 5.24. The summed E-state index contributed by atoms with van der Waals surface area (Å²) in [4.78, 5) is 18.3. The van der Waals surface area contributed by atoms with Crippen molar-refractivity contribution in [1.29, 1.82) is 0 Å². The molecule has 1 aromatic heterocycles. The molecule has 1 aromatic rings. The maximum Gasteiger partial charge on any atom is 0.252 e. The summed E-state index contributed by atoms with van der Waals surface area (Å²) >= 11 is 0. The Bertz CT molecular complexity index is 362. The van der Waals surface area contributed by atoms with Gasteiger partial charge in [0.05, 0.1) is 0 Å². The molecule has 0 amide bonds. The third-order valence-electron chi connectivity index (χ3n) is 2.12. The van der Waals surface area contributed by atoms with Crippen LogP contribution in [0.25, 0.3) is 0 Å². The van der Waals surface area contributed by atoms with Gasteiger partial charge in [-0.25, -0.2) is 4.98 Å². The van der Waals surface area contributed by atoms with E-state index in [1.165, 1.54) is 0 Å². The summed E-state index contributed by atoms with van der Waals surface area (Å²) in [5.41, 5.74) is 0.730. The van der Waals surface area contributed by atoms with Crippen molar-refractivity contribution in [3.63, 3.8) is 0 Å². The largest absolute Gasteiger partial charge is 0.385 e. The number of hydrogen-bond donors (Lipinski definition) is 2. The van der Waals surface area contributed by atoms with Crippen molar-refractivity contribution >= 4 is 5.95 Å². The summed E-state index contributed by atoms with van der Waals surface area (Å²) in [6, 6.07) is 1.55. The standard InChI is InChI=1S/C11H19N3O2/c1-3-5-9-8-10(15)14-11(13-9)12-6-4-7-16-2/h8H,3-7H2,1-2H3,(H2,12,13,14,15). The zero-order chi connectivity index (χ0) is 11.8. The lowest BCUT2D eigenvalue weighted by atomic mass is 10.2. The first-order valence-corrected chi connectivity index (χ1v) is 5.59. The number of aromatic amines is 1. The Labute approximate surface area is 95.3 Å². The van der Waals surface area contributed by atoms with Gasteiger partial charge < -0.3 is 10.1 Å². The molecule has 0 spiro atoms. The van der Waals surface area contributed by atoms with Gasteiger partial charge in [0.25, 0.3) is 5.56 Å². The van der Waals surface area contributed by atoms with Crippen LogP contribution in [0.3, 0.4) is 0 Å². The molecule has 1 rings (SSSR count). The van der Waals surface area contributed by atoms with Crippen LogP contribution in [0.1, 0.15) is 25.5 Å². The van der Waals surface area contributed by atoms with Crippen LogP contribution in [-0.2, 0) is 11.2 Å². The van der Waals surface area contributed by atoms with Crippen LogP contribution >= 0.6 is 0 Å². The molecule has 0 atom stereocenters. The highest BCUT2D eigenvalue weighted by Gasteiger charge is 1.99. The van der Waals surface area contributed by atoms with Gasteiger partial charge >= 0.3 is 0 Å². The number of anilines is 1. The van der Waals surface area contributed by atoms with Crippen molar-refractivity contribution in [2.45, 2.75) is 26.2 Å². The molecule has 0 unspecified atom stereocenters. The highest BCUT2D eigenvalue weighted by atomic mass is 16.5. The fourth-order valence-corrected chi connectivity index (χ4v) is 1.40. The third-order valence-corrected chi connectivity index (χ3v) is 2.12. The van der Waals surface area contributed by atoms with Crippen LogP contribution in [0.15, 0.2) is 10.9 Å². The van der Waals surface area contributed by atoms with Gasteiger partial charge in [-0.1, -0.05) is 13.3 Å². The summed E-state index contributed by atoms with van der Waals surface area (Å²) in [5.74, 6) is 0.548. The quantitative estimate of drug-likeness (QED) is 0.684. The molecule has 0 saturated heterocycles. The second kappa shape index (κ2) is 7.00. The van der Waals surface area contributed by atoms with Crippen LogP contribution in [0.2, 0.25) is 0 Å². The first kappa shape index (κ1) is 12.7. The highest BCUT2D eigenvalue weighted by Crippen LogP contribution is 2.00. The fraction of sp³-hybridized carbons (Fsp3) is 0.636. The third kappa shape index (κ3) is 4.44. The first-order chi connectivity index (χ1) is 7.76. The van der Waals surface area contributed by atoms with E-state index in [1.807, 2.05) is 0 Å². The summed E-state index contributed by atoms with van der Waals surface area (Å²) in [6.07, 6.45) is 2.70. The minimum absolute atomic E-state index is 0.104. The maximum atomic E-state index is 11.3. The molecule has 0 aromatic carbocycles. The minimum atomic E-state index is -0.104. The van der Waals surface area contributed by atoms with Gasteiger partial charge in [0.15, 0.2) is 0 Å². The maximum absolute atomic E-state index is 11.3. The van der Waals surface area contributed by atoms with Gasteiger partial charge in [-0.15, -0.1) is 0 Å². The van der Waals surface area contributed by atoms with Crippen molar-refractivity contribution < 1.29 is 4.74 Å². The molecule has 5 heteroatoms. The average Bonchev–Trinajstić information content (AvgIpc) is 2.24. The smallest absolute Gasteiger partial charge is 0.252 e. The molecule has 0 bridgehead atoms. The number of methoxy groups -OCH3 is 1. The van der Waals surface area contributed by atoms with E-state index in [0.717, 1.165) is 31.5 Å². The van der Waals surface area contributed by atoms with E-state index in [4.69, 9.17) is 4.74 Å². The van der Waals surface area contributed by atoms with E-state index in [2.05, 4.69) is 22.2 Å². The summed E-state index contributed by atoms with van der Waals surface area (Å²) in [6.45, 7) is 3.51. The predicted molar refractivity (Wildman–Crippen MR) is 63.8 cm³/mol. The zero-order valence-electron chi connectivity index (χ0n) is 9.88. The minimum Gasteiger partial charge on any atom is -0.385 e. The molecule has 0 aliphatic heterocycles. The van der Waals surface area contributed by atoms with E-state index >= 15 is 0 Å². The molecule has 16 heavy (non-hydrogen) atoms. The van der Waals surface area contributed by atoms with Crippen molar-refractivity contribution in [2.24, 2.45) is 0 Å². The zero-order valence-corrected chi connectivity index (χ0v) is 9.88. The molecule has 0 aliphatic rings. The number of aryl methyl sites for hydroxylation is 1. The number of aromatic nitrogens is 2. The molecule has 2 N–H and O–H groups in total. The lowest BCUT2D eigenvalue weighted by molar-refractivity contribution is 0.197. The Morgan fingerprint density at radius 1 is 1.56 bits per heavy atom. The van der Waals surface area contributed by atoms with Gasteiger partial charge in [0, 0.05) is 32.0 Å².